The summed E-state index contributed by atoms with van der Waals surface area (Å²) in [5.41, 5.74) is 2.59. The van der Waals surface area contributed by atoms with Gasteiger partial charge in [0.15, 0.2) is 16.4 Å². The Hall–Kier alpha value is -2.38. The van der Waals surface area contributed by atoms with E-state index in [2.05, 4.69) is 5.32 Å². The number of sulfone groups is 1. The number of esters is 1. The summed E-state index contributed by atoms with van der Waals surface area (Å²) in [6.07, 6.45) is 2.52. The van der Waals surface area contributed by atoms with Gasteiger partial charge in [0.1, 0.15) is 0 Å². The number of amides is 1. The third-order valence-corrected chi connectivity index (χ3v) is 5.62. The SMILES string of the molecule is CCc1cccc(CC)c1NC(=O)COC(=O)c1cc(S(C)(=O)=O)ccc1Cl. The molecule has 2 rings (SSSR count). The van der Waals surface area contributed by atoms with Gasteiger partial charge < -0.3 is 10.1 Å². The summed E-state index contributed by atoms with van der Waals surface area (Å²) in [7, 11) is -3.51. The summed E-state index contributed by atoms with van der Waals surface area (Å²) >= 11 is 5.97. The fourth-order valence-electron chi connectivity index (χ4n) is 2.68. The summed E-state index contributed by atoms with van der Waals surface area (Å²) in [5, 5.41) is 2.84. The van der Waals surface area contributed by atoms with Crippen LogP contribution in [-0.2, 0) is 32.2 Å². The lowest BCUT2D eigenvalue weighted by molar-refractivity contribution is -0.119. The van der Waals surface area contributed by atoms with Crippen molar-refractivity contribution in [2.24, 2.45) is 0 Å². The van der Waals surface area contributed by atoms with Gasteiger partial charge in [-0.15, -0.1) is 0 Å². The third-order valence-electron chi connectivity index (χ3n) is 4.18. The van der Waals surface area contributed by atoms with Crippen LogP contribution >= 0.6 is 11.6 Å². The van der Waals surface area contributed by atoms with Gasteiger partial charge in [-0.05, 0) is 42.2 Å². The molecule has 2 aromatic carbocycles. The Bertz CT molecular complexity index is 979. The topological polar surface area (TPSA) is 89.5 Å². The van der Waals surface area contributed by atoms with E-state index in [1.807, 2.05) is 32.0 Å². The first kappa shape index (κ1) is 21.9. The van der Waals surface area contributed by atoms with Crippen molar-refractivity contribution in [1.82, 2.24) is 0 Å². The number of aryl methyl sites for hydroxylation is 2. The molecule has 1 amide bonds. The molecule has 6 nitrogen and oxygen atoms in total. The monoisotopic (exact) mass is 423 g/mol. The number of halogens is 1. The molecule has 0 bridgehead atoms. The Morgan fingerprint density at radius 3 is 2.21 bits per heavy atom. The summed E-state index contributed by atoms with van der Waals surface area (Å²) in [6.45, 7) is 3.46. The minimum absolute atomic E-state index is 0.0439. The summed E-state index contributed by atoms with van der Waals surface area (Å²) in [4.78, 5) is 24.5. The number of carbonyl (C=O) groups excluding carboxylic acids is 2. The summed E-state index contributed by atoms with van der Waals surface area (Å²) < 4.78 is 28.3. The van der Waals surface area contributed by atoms with E-state index in [0.29, 0.717) is 0 Å². The quantitative estimate of drug-likeness (QED) is 0.686. The van der Waals surface area contributed by atoms with Crippen LogP contribution in [0.3, 0.4) is 0 Å². The Kier molecular flexibility index (Phi) is 7.21. The lowest BCUT2D eigenvalue weighted by atomic mass is 10.0. The standard InChI is InChI=1S/C20H22ClNO5S/c1-4-13-7-6-8-14(5-2)19(13)22-18(23)12-27-20(24)16-11-15(28(3,25)26)9-10-17(16)21/h6-11H,4-5,12H2,1-3H3,(H,22,23). The van der Waals surface area contributed by atoms with Gasteiger partial charge in [0.25, 0.3) is 5.91 Å². The number of benzene rings is 2. The highest BCUT2D eigenvalue weighted by Gasteiger charge is 2.18. The highest BCUT2D eigenvalue weighted by Crippen LogP contribution is 2.23. The second-order valence-electron chi connectivity index (χ2n) is 6.20. The number of hydrogen-bond acceptors (Lipinski definition) is 5. The van der Waals surface area contributed by atoms with Gasteiger partial charge in [0.2, 0.25) is 0 Å². The van der Waals surface area contributed by atoms with Crippen molar-refractivity contribution in [1.29, 1.82) is 0 Å². The number of anilines is 1. The molecule has 1 N–H and O–H groups in total. The molecule has 0 fully saturated rings. The van der Waals surface area contributed by atoms with Crippen molar-refractivity contribution in [3.63, 3.8) is 0 Å². The number of nitrogens with one attached hydrogen (secondary N) is 1. The third kappa shape index (κ3) is 5.33. The maximum Gasteiger partial charge on any atom is 0.340 e. The van der Waals surface area contributed by atoms with Crippen molar-refractivity contribution >= 4 is 39.0 Å². The molecule has 0 radical (unpaired) electrons. The van der Waals surface area contributed by atoms with Crippen LogP contribution in [0.15, 0.2) is 41.3 Å². The molecule has 150 valence electrons. The fraction of sp³-hybridized carbons (Fsp3) is 0.300. The van der Waals surface area contributed by atoms with E-state index < -0.39 is 28.3 Å². The number of carbonyl (C=O) groups is 2. The molecule has 0 unspecified atom stereocenters. The molecule has 0 aliphatic rings. The average molecular weight is 424 g/mol. The van der Waals surface area contributed by atoms with E-state index in [9.17, 15) is 18.0 Å². The molecule has 0 heterocycles. The van der Waals surface area contributed by atoms with Crippen LogP contribution in [-0.4, -0.2) is 33.2 Å². The van der Waals surface area contributed by atoms with Gasteiger partial charge >= 0.3 is 5.97 Å². The van der Waals surface area contributed by atoms with Crippen LogP contribution in [0.4, 0.5) is 5.69 Å². The number of para-hydroxylation sites is 1. The van der Waals surface area contributed by atoms with Gasteiger partial charge in [0, 0.05) is 11.9 Å². The molecule has 0 aliphatic heterocycles. The van der Waals surface area contributed by atoms with Crippen LogP contribution in [0, 0.1) is 0 Å². The van der Waals surface area contributed by atoms with E-state index in [-0.39, 0.29) is 15.5 Å². The predicted octanol–water partition coefficient (Wildman–Crippen LogP) is 3.66. The predicted molar refractivity (Wildman–Crippen MR) is 109 cm³/mol. The second kappa shape index (κ2) is 9.21. The Morgan fingerprint density at radius 2 is 1.68 bits per heavy atom. The first-order chi connectivity index (χ1) is 13.2. The van der Waals surface area contributed by atoms with Gasteiger partial charge in [-0.2, -0.15) is 0 Å². The number of hydrogen-bond donors (Lipinski definition) is 1. The second-order valence-corrected chi connectivity index (χ2v) is 8.62. The summed E-state index contributed by atoms with van der Waals surface area (Å²) in [5.74, 6) is -1.36. The van der Waals surface area contributed by atoms with Gasteiger partial charge in [-0.1, -0.05) is 43.6 Å². The molecule has 2 aromatic rings. The van der Waals surface area contributed by atoms with Crippen LogP contribution in [0.5, 0.6) is 0 Å². The normalized spacial score (nSPS) is 11.1. The van der Waals surface area contributed by atoms with E-state index >= 15 is 0 Å². The lowest BCUT2D eigenvalue weighted by Crippen LogP contribution is -2.22. The maximum absolute atomic E-state index is 12.3. The zero-order valence-corrected chi connectivity index (χ0v) is 17.5. The molecule has 8 heteroatoms. The van der Waals surface area contributed by atoms with Crippen LogP contribution < -0.4 is 5.32 Å². The Balaban J connectivity index is 2.11. The van der Waals surface area contributed by atoms with E-state index in [4.69, 9.17) is 16.3 Å². The molecule has 28 heavy (non-hydrogen) atoms. The van der Waals surface area contributed by atoms with E-state index in [0.717, 1.165) is 42.0 Å². The first-order valence-corrected chi connectivity index (χ1v) is 11.0. The average Bonchev–Trinajstić information content (AvgIpc) is 2.65. The highest BCUT2D eigenvalue weighted by molar-refractivity contribution is 7.90. The van der Waals surface area contributed by atoms with E-state index in [1.54, 1.807) is 0 Å². The molecular formula is C20H22ClNO5S. The van der Waals surface area contributed by atoms with Crippen LogP contribution in [0.2, 0.25) is 5.02 Å². The largest absolute Gasteiger partial charge is 0.452 e. The van der Waals surface area contributed by atoms with Crippen molar-refractivity contribution in [3.8, 4) is 0 Å². The van der Waals surface area contributed by atoms with Crippen molar-refractivity contribution in [2.75, 3.05) is 18.2 Å². The van der Waals surface area contributed by atoms with Crippen LogP contribution in [0.25, 0.3) is 0 Å². The Labute approximate surface area is 169 Å². The minimum Gasteiger partial charge on any atom is -0.452 e. The van der Waals surface area contributed by atoms with Gasteiger partial charge in [-0.25, -0.2) is 13.2 Å². The smallest absolute Gasteiger partial charge is 0.340 e. The van der Waals surface area contributed by atoms with Gasteiger partial charge in [-0.3, -0.25) is 4.79 Å². The highest BCUT2D eigenvalue weighted by atomic mass is 35.5. The minimum atomic E-state index is -3.51. The van der Waals surface area contributed by atoms with Crippen molar-refractivity contribution in [2.45, 2.75) is 31.6 Å². The van der Waals surface area contributed by atoms with E-state index in [1.165, 1.54) is 12.1 Å². The molecule has 0 aromatic heterocycles. The molecule has 0 atom stereocenters. The Morgan fingerprint density at radius 1 is 1.07 bits per heavy atom. The molecule has 0 aliphatic carbocycles. The molecular weight excluding hydrogens is 402 g/mol. The zero-order valence-electron chi connectivity index (χ0n) is 15.9. The fourth-order valence-corrected chi connectivity index (χ4v) is 3.52. The van der Waals surface area contributed by atoms with Crippen LogP contribution in [0.1, 0.15) is 35.3 Å². The van der Waals surface area contributed by atoms with Crippen molar-refractivity contribution in [3.05, 3.63) is 58.1 Å². The molecule has 0 saturated heterocycles. The molecule has 0 saturated carbocycles. The lowest BCUT2D eigenvalue weighted by Gasteiger charge is -2.14. The maximum atomic E-state index is 12.3. The number of ether oxygens (including phenoxy) is 1. The van der Waals surface area contributed by atoms with Crippen molar-refractivity contribution < 1.29 is 22.7 Å². The number of rotatable bonds is 7. The summed E-state index contributed by atoms with van der Waals surface area (Å²) in [6, 6.07) is 9.53. The zero-order chi connectivity index (χ0) is 20.9. The first-order valence-electron chi connectivity index (χ1n) is 8.74. The van der Waals surface area contributed by atoms with Gasteiger partial charge in [0.05, 0.1) is 15.5 Å². The molecule has 0 spiro atoms.